The number of rotatable bonds is 2. The predicted octanol–water partition coefficient (Wildman–Crippen LogP) is 2.00. The Bertz CT molecular complexity index is 323. The van der Waals surface area contributed by atoms with Gasteiger partial charge in [0.05, 0.1) is 6.10 Å². The molecule has 2 rings (SSSR count). The van der Waals surface area contributed by atoms with Crippen LogP contribution in [0.1, 0.15) is 18.9 Å². The molecule has 3 nitrogen and oxygen atoms in total. The summed E-state index contributed by atoms with van der Waals surface area (Å²) in [7, 11) is 0. The zero-order valence-corrected chi connectivity index (χ0v) is 9.72. The minimum atomic E-state index is 0.319. The van der Waals surface area contributed by atoms with Gasteiger partial charge in [-0.1, -0.05) is 12.1 Å². The van der Waals surface area contributed by atoms with E-state index in [1.54, 1.807) is 12.1 Å². The van der Waals surface area contributed by atoms with Crippen molar-refractivity contribution in [2.24, 2.45) is 0 Å². The van der Waals surface area contributed by atoms with Crippen LogP contribution >= 0.6 is 0 Å². The molecule has 1 unspecified atom stereocenters. The molecular weight excluding hydrogens is 202 g/mol. The van der Waals surface area contributed by atoms with Gasteiger partial charge in [0.1, 0.15) is 5.75 Å². The Morgan fingerprint density at radius 2 is 2.12 bits per heavy atom. The number of hydrogen-bond acceptors (Lipinski definition) is 3. The highest BCUT2D eigenvalue weighted by molar-refractivity contribution is 5.25. The lowest BCUT2D eigenvalue weighted by Gasteiger charge is -2.21. The van der Waals surface area contributed by atoms with Gasteiger partial charge in [-0.3, -0.25) is 4.90 Å². The lowest BCUT2D eigenvalue weighted by molar-refractivity contribution is 0.0668. The quantitative estimate of drug-likeness (QED) is 0.829. The van der Waals surface area contributed by atoms with Gasteiger partial charge in [0.15, 0.2) is 0 Å². The van der Waals surface area contributed by atoms with E-state index < -0.39 is 0 Å². The summed E-state index contributed by atoms with van der Waals surface area (Å²) in [6, 6.07) is 7.44. The number of nitrogens with zero attached hydrogens (tertiary/aromatic N) is 1. The highest BCUT2D eigenvalue weighted by Gasteiger charge is 2.14. The molecule has 1 aliphatic rings. The molecule has 1 saturated heterocycles. The number of benzene rings is 1. The molecule has 0 aliphatic carbocycles. The first-order chi connectivity index (χ1) is 7.74. The molecule has 3 heteroatoms. The van der Waals surface area contributed by atoms with Crippen molar-refractivity contribution in [2.45, 2.75) is 26.0 Å². The van der Waals surface area contributed by atoms with Gasteiger partial charge in [-0.05, 0) is 31.0 Å². The standard InChI is InChI=1S/C13H19NO2/c1-11-9-14(7-2-8-16-11)10-12-3-5-13(15)6-4-12/h3-6,11,15H,2,7-10H2,1H3. The van der Waals surface area contributed by atoms with Crippen LogP contribution in [0.15, 0.2) is 24.3 Å². The topological polar surface area (TPSA) is 32.7 Å². The van der Waals surface area contributed by atoms with Crippen molar-refractivity contribution >= 4 is 0 Å². The van der Waals surface area contributed by atoms with Crippen molar-refractivity contribution in [3.8, 4) is 5.75 Å². The first kappa shape index (κ1) is 11.4. The Morgan fingerprint density at radius 1 is 1.38 bits per heavy atom. The summed E-state index contributed by atoms with van der Waals surface area (Å²) in [6.07, 6.45) is 1.42. The van der Waals surface area contributed by atoms with Crippen LogP contribution in [0.4, 0.5) is 0 Å². The molecule has 1 atom stereocenters. The van der Waals surface area contributed by atoms with Gasteiger partial charge in [-0.2, -0.15) is 0 Å². The maximum atomic E-state index is 9.22. The van der Waals surface area contributed by atoms with E-state index in [0.29, 0.717) is 11.9 Å². The summed E-state index contributed by atoms with van der Waals surface area (Å²) < 4.78 is 5.61. The van der Waals surface area contributed by atoms with Crippen LogP contribution in [0.25, 0.3) is 0 Å². The first-order valence-corrected chi connectivity index (χ1v) is 5.86. The summed E-state index contributed by atoms with van der Waals surface area (Å²) in [5.41, 5.74) is 1.24. The van der Waals surface area contributed by atoms with Crippen LogP contribution in [-0.4, -0.2) is 35.8 Å². The van der Waals surface area contributed by atoms with Crippen molar-refractivity contribution in [1.82, 2.24) is 4.90 Å². The average Bonchev–Trinajstić information content (AvgIpc) is 2.46. The fourth-order valence-electron chi connectivity index (χ4n) is 2.08. The Morgan fingerprint density at radius 3 is 2.88 bits per heavy atom. The van der Waals surface area contributed by atoms with Crippen molar-refractivity contribution < 1.29 is 9.84 Å². The second kappa shape index (κ2) is 5.32. The lowest BCUT2D eigenvalue weighted by atomic mass is 10.2. The van der Waals surface area contributed by atoms with Gasteiger partial charge < -0.3 is 9.84 Å². The maximum absolute atomic E-state index is 9.22. The fourth-order valence-corrected chi connectivity index (χ4v) is 2.08. The molecule has 0 bridgehead atoms. The van der Waals surface area contributed by atoms with Crippen molar-refractivity contribution in [1.29, 1.82) is 0 Å². The molecule has 88 valence electrons. The Hall–Kier alpha value is -1.06. The van der Waals surface area contributed by atoms with E-state index in [9.17, 15) is 5.11 Å². The van der Waals surface area contributed by atoms with Crippen LogP contribution < -0.4 is 0 Å². The number of hydrogen-bond donors (Lipinski definition) is 1. The van der Waals surface area contributed by atoms with Crippen LogP contribution in [0.2, 0.25) is 0 Å². The molecule has 0 saturated carbocycles. The maximum Gasteiger partial charge on any atom is 0.115 e. The van der Waals surface area contributed by atoms with Gasteiger partial charge in [-0.15, -0.1) is 0 Å². The minimum absolute atomic E-state index is 0.319. The van der Waals surface area contributed by atoms with Crippen molar-refractivity contribution in [2.75, 3.05) is 19.7 Å². The molecule has 1 fully saturated rings. The Labute approximate surface area is 96.6 Å². The highest BCUT2D eigenvalue weighted by Crippen LogP contribution is 2.13. The van der Waals surface area contributed by atoms with Crippen molar-refractivity contribution in [3.05, 3.63) is 29.8 Å². The SMILES string of the molecule is CC1CN(Cc2ccc(O)cc2)CCCO1. The smallest absolute Gasteiger partial charge is 0.115 e. The van der Waals surface area contributed by atoms with Gasteiger partial charge >= 0.3 is 0 Å². The summed E-state index contributed by atoms with van der Waals surface area (Å²) in [6.45, 7) is 6.00. The van der Waals surface area contributed by atoms with E-state index in [1.807, 2.05) is 12.1 Å². The normalized spacial score (nSPS) is 22.9. The van der Waals surface area contributed by atoms with Gasteiger partial charge in [0.2, 0.25) is 0 Å². The number of ether oxygens (including phenoxy) is 1. The first-order valence-electron chi connectivity index (χ1n) is 5.86. The second-order valence-corrected chi connectivity index (χ2v) is 4.44. The van der Waals surface area contributed by atoms with Crippen LogP contribution in [0.3, 0.4) is 0 Å². The molecule has 1 heterocycles. The number of phenols is 1. The molecule has 0 amide bonds. The molecule has 16 heavy (non-hydrogen) atoms. The van der Waals surface area contributed by atoms with Crippen LogP contribution in [-0.2, 0) is 11.3 Å². The average molecular weight is 221 g/mol. The van der Waals surface area contributed by atoms with Crippen molar-refractivity contribution in [3.63, 3.8) is 0 Å². The van der Waals surface area contributed by atoms with Gasteiger partial charge in [0, 0.05) is 26.2 Å². The van der Waals surface area contributed by atoms with E-state index in [0.717, 1.165) is 32.7 Å². The molecule has 1 N–H and O–H groups in total. The fraction of sp³-hybridized carbons (Fsp3) is 0.538. The third kappa shape index (κ3) is 3.22. The molecule has 0 aromatic heterocycles. The largest absolute Gasteiger partial charge is 0.508 e. The third-order valence-corrected chi connectivity index (χ3v) is 2.88. The number of aromatic hydroxyl groups is 1. The molecule has 1 aromatic rings. The monoisotopic (exact) mass is 221 g/mol. The lowest BCUT2D eigenvalue weighted by Crippen LogP contribution is -2.29. The summed E-state index contributed by atoms with van der Waals surface area (Å²) in [5.74, 6) is 0.330. The molecule has 1 aliphatic heterocycles. The van der Waals surface area contributed by atoms with Crippen LogP contribution in [0.5, 0.6) is 5.75 Å². The predicted molar refractivity (Wildman–Crippen MR) is 63.4 cm³/mol. The van der Waals surface area contributed by atoms with E-state index >= 15 is 0 Å². The van der Waals surface area contributed by atoms with Gasteiger partial charge in [-0.25, -0.2) is 0 Å². The zero-order valence-electron chi connectivity index (χ0n) is 9.72. The molecule has 1 aromatic carbocycles. The van der Waals surface area contributed by atoms with Gasteiger partial charge in [0.25, 0.3) is 0 Å². The van der Waals surface area contributed by atoms with Crippen LogP contribution in [0, 0.1) is 0 Å². The van der Waals surface area contributed by atoms with E-state index in [1.165, 1.54) is 5.56 Å². The summed E-state index contributed by atoms with van der Waals surface area (Å²) in [4.78, 5) is 2.41. The summed E-state index contributed by atoms with van der Waals surface area (Å²) >= 11 is 0. The third-order valence-electron chi connectivity index (χ3n) is 2.88. The Balaban J connectivity index is 1.95. The number of phenolic OH excluding ortho intramolecular Hbond substituents is 1. The van der Waals surface area contributed by atoms with E-state index in [2.05, 4.69) is 11.8 Å². The minimum Gasteiger partial charge on any atom is -0.508 e. The van der Waals surface area contributed by atoms with E-state index in [4.69, 9.17) is 4.74 Å². The molecule has 0 spiro atoms. The Kier molecular flexibility index (Phi) is 3.80. The highest BCUT2D eigenvalue weighted by atomic mass is 16.5. The molecular formula is C13H19NO2. The molecule has 0 radical (unpaired) electrons. The second-order valence-electron chi connectivity index (χ2n) is 4.44. The van der Waals surface area contributed by atoms with E-state index in [-0.39, 0.29) is 0 Å². The zero-order chi connectivity index (χ0) is 11.4. The summed E-state index contributed by atoms with van der Waals surface area (Å²) in [5, 5.41) is 9.22.